The number of nitrogens with two attached hydrogens (primary N) is 1. The number of rotatable bonds is 5. The van der Waals surface area contributed by atoms with Gasteiger partial charge in [-0.3, -0.25) is 0 Å². The van der Waals surface area contributed by atoms with Gasteiger partial charge in [0.2, 0.25) is 0 Å². The molecular weight excluding hydrogens is 338 g/mol. The molecule has 2 aromatic rings. The minimum atomic E-state index is 0.200. The number of nitrogen functional groups attached to an aromatic ring is 1. The van der Waals surface area contributed by atoms with Gasteiger partial charge in [-0.1, -0.05) is 32.9 Å². The summed E-state index contributed by atoms with van der Waals surface area (Å²) in [5.41, 5.74) is 8.69. The van der Waals surface area contributed by atoms with Gasteiger partial charge in [-0.2, -0.15) is 0 Å². The summed E-state index contributed by atoms with van der Waals surface area (Å²) in [6.45, 7) is 9.32. The average molecular weight is 372 g/mol. The standard InChI is InChI=1S/C19H27N5O.C2H6/c1-19(7-10-21-2)8-11-24(12-9-19)16-13-15(22-23-18(16)20)14-5-3-4-6-17(14)25;1-2/h3-6,13,21,25H,7-12H2,1-2H3,(H2,20,23);1-2H3. The Labute approximate surface area is 162 Å². The van der Waals surface area contributed by atoms with Gasteiger partial charge in [-0.05, 0) is 56.5 Å². The van der Waals surface area contributed by atoms with Crippen molar-refractivity contribution in [2.45, 2.75) is 40.0 Å². The summed E-state index contributed by atoms with van der Waals surface area (Å²) in [6.07, 6.45) is 3.44. The van der Waals surface area contributed by atoms with Crippen LogP contribution in [0.5, 0.6) is 5.75 Å². The molecule has 0 spiro atoms. The Balaban J connectivity index is 0.00000126. The molecule has 2 heterocycles. The Kier molecular flexibility index (Phi) is 7.42. The number of aromatic nitrogens is 2. The van der Waals surface area contributed by atoms with E-state index in [0.717, 1.165) is 38.2 Å². The molecule has 0 saturated carbocycles. The van der Waals surface area contributed by atoms with Crippen LogP contribution in [-0.2, 0) is 0 Å². The molecule has 1 aromatic heterocycles. The van der Waals surface area contributed by atoms with Gasteiger partial charge in [0.15, 0.2) is 5.82 Å². The number of hydrogen-bond donors (Lipinski definition) is 3. The quantitative estimate of drug-likeness (QED) is 0.743. The number of phenols is 1. The third-order valence-corrected chi connectivity index (χ3v) is 5.27. The highest BCUT2D eigenvalue weighted by atomic mass is 16.3. The van der Waals surface area contributed by atoms with Crippen molar-refractivity contribution in [3.63, 3.8) is 0 Å². The third-order valence-electron chi connectivity index (χ3n) is 5.27. The first-order valence-electron chi connectivity index (χ1n) is 9.83. The molecule has 1 aliphatic rings. The topological polar surface area (TPSA) is 87.3 Å². The van der Waals surface area contributed by atoms with E-state index >= 15 is 0 Å². The van der Waals surface area contributed by atoms with Gasteiger partial charge in [0.05, 0.1) is 11.4 Å². The van der Waals surface area contributed by atoms with Gasteiger partial charge in [-0.15, -0.1) is 10.2 Å². The van der Waals surface area contributed by atoms with E-state index in [1.165, 1.54) is 6.42 Å². The van der Waals surface area contributed by atoms with Gasteiger partial charge in [0.25, 0.3) is 0 Å². The molecule has 1 aliphatic heterocycles. The Bertz CT molecular complexity index is 726. The van der Waals surface area contributed by atoms with Crippen molar-refractivity contribution >= 4 is 11.5 Å². The number of hydrogen-bond acceptors (Lipinski definition) is 6. The average Bonchev–Trinajstić information content (AvgIpc) is 2.70. The van der Waals surface area contributed by atoms with Gasteiger partial charge in [-0.25, -0.2) is 0 Å². The molecule has 6 heteroatoms. The number of aromatic hydroxyl groups is 1. The van der Waals surface area contributed by atoms with Crippen LogP contribution in [0.4, 0.5) is 11.5 Å². The van der Waals surface area contributed by atoms with Crippen molar-refractivity contribution in [1.29, 1.82) is 0 Å². The van der Waals surface area contributed by atoms with E-state index in [1.807, 2.05) is 39.1 Å². The van der Waals surface area contributed by atoms with Crippen molar-refractivity contribution in [2.24, 2.45) is 5.41 Å². The lowest BCUT2D eigenvalue weighted by molar-refractivity contribution is 0.227. The molecular formula is C21H33N5O. The van der Waals surface area contributed by atoms with Crippen LogP contribution < -0.4 is 16.0 Å². The molecule has 1 fully saturated rings. The van der Waals surface area contributed by atoms with Crippen molar-refractivity contribution in [2.75, 3.05) is 37.3 Å². The highest BCUT2D eigenvalue weighted by Crippen LogP contribution is 2.38. The first kappa shape index (κ1) is 21.0. The lowest BCUT2D eigenvalue weighted by Crippen LogP contribution is -2.40. The predicted molar refractivity (Wildman–Crippen MR) is 113 cm³/mol. The number of anilines is 2. The predicted octanol–water partition coefficient (Wildman–Crippen LogP) is 3.67. The monoisotopic (exact) mass is 371 g/mol. The maximum atomic E-state index is 10.1. The summed E-state index contributed by atoms with van der Waals surface area (Å²) in [7, 11) is 2.00. The fourth-order valence-corrected chi connectivity index (χ4v) is 3.43. The summed E-state index contributed by atoms with van der Waals surface area (Å²) in [6, 6.07) is 9.10. The Morgan fingerprint density at radius 1 is 1.19 bits per heavy atom. The number of piperidine rings is 1. The molecule has 0 amide bonds. The fraction of sp³-hybridized carbons (Fsp3) is 0.524. The van der Waals surface area contributed by atoms with Crippen LogP contribution in [0.2, 0.25) is 0 Å². The van der Waals surface area contributed by atoms with Crippen LogP contribution in [0.1, 0.15) is 40.0 Å². The van der Waals surface area contributed by atoms with Crippen LogP contribution in [0.25, 0.3) is 11.3 Å². The Hall–Kier alpha value is -2.34. The summed E-state index contributed by atoms with van der Waals surface area (Å²) in [4.78, 5) is 2.29. The van der Waals surface area contributed by atoms with Crippen LogP contribution in [0.15, 0.2) is 30.3 Å². The molecule has 1 aromatic carbocycles. The SMILES string of the molecule is CC.CNCCC1(C)CCN(c2cc(-c3ccccc3O)nnc2N)CC1. The molecule has 1 saturated heterocycles. The first-order valence-corrected chi connectivity index (χ1v) is 9.83. The van der Waals surface area contributed by atoms with Gasteiger partial charge in [0.1, 0.15) is 5.75 Å². The summed E-state index contributed by atoms with van der Waals surface area (Å²) in [5.74, 6) is 0.642. The highest BCUT2D eigenvalue weighted by molar-refractivity contribution is 5.74. The Morgan fingerprint density at radius 2 is 1.85 bits per heavy atom. The molecule has 27 heavy (non-hydrogen) atoms. The summed E-state index contributed by atoms with van der Waals surface area (Å²) in [5, 5.41) is 21.6. The number of para-hydroxylation sites is 1. The molecule has 6 nitrogen and oxygen atoms in total. The lowest BCUT2D eigenvalue weighted by Gasteiger charge is -2.40. The lowest BCUT2D eigenvalue weighted by atomic mass is 9.77. The summed E-state index contributed by atoms with van der Waals surface area (Å²) >= 11 is 0. The second-order valence-electron chi connectivity index (χ2n) is 7.17. The zero-order valence-corrected chi connectivity index (χ0v) is 17.0. The Morgan fingerprint density at radius 3 is 2.48 bits per heavy atom. The molecule has 4 N–H and O–H groups in total. The van der Waals surface area contributed by atoms with E-state index in [2.05, 4.69) is 27.3 Å². The van der Waals surface area contributed by atoms with Gasteiger partial charge in [0, 0.05) is 18.7 Å². The first-order chi connectivity index (χ1) is 13.0. The number of benzene rings is 1. The van der Waals surface area contributed by atoms with E-state index in [0.29, 0.717) is 22.5 Å². The van der Waals surface area contributed by atoms with Gasteiger partial charge < -0.3 is 21.1 Å². The summed E-state index contributed by atoms with van der Waals surface area (Å²) < 4.78 is 0. The smallest absolute Gasteiger partial charge is 0.169 e. The third kappa shape index (κ3) is 5.10. The second-order valence-corrected chi connectivity index (χ2v) is 7.17. The maximum Gasteiger partial charge on any atom is 0.169 e. The molecule has 0 aliphatic carbocycles. The molecule has 0 atom stereocenters. The van der Waals surface area contributed by atoms with Crippen LogP contribution >= 0.6 is 0 Å². The van der Waals surface area contributed by atoms with Crippen LogP contribution in [0, 0.1) is 5.41 Å². The fourth-order valence-electron chi connectivity index (χ4n) is 3.43. The number of nitrogens with zero attached hydrogens (tertiary/aromatic N) is 3. The molecule has 3 rings (SSSR count). The van der Waals surface area contributed by atoms with E-state index in [1.54, 1.807) is 12.1 Å². The van der Waals surface area contributed by atoms with Crippen molar-refractivity contribution < 1.29 is 5.11 Å². The van der Waals surface area contributed by atoms with Crippen LogP contribution in [0.3, 0.4) is 0 Å². The van der Waals surface area contributed by atoms with E-state index in [9.17, 15) is 5.11 Å². The van der Waals surface area contributed by atoms with Crippen molar-refractivity contribution in [1.82, 2.24) is 15.5 Å². The maximum absolute atomic E-state index is 10.1. The molecule has 0 unspecified atom stereocenters. The van der Waals surface area contributed by atoms with E-state index in [-0.39, 0.29) is 5.75 Å². The largest absolute Gasteiger partial charge is 0.507 e. The normalized spacial score (nSPS) is 15.8. The number of nitrogens with one attached hydrogen (secondary N) is 1. The minimum Gasteiger partial charge on any atom is -0.507 e. The molecule has 148 valence electrons. The van der Waals surface area contributed by atoms with Gasteiger partial charge >= 0.3 is 0 Å². The zero-order valence-electron chi connectivity index (χ0n) is 17.0. The van der Waals surface area contributed by atoms with E-state index in [4.69, 9.17) is 5.73 Å². The number of phenolic OH excluding ortho intramolecular Hbond substituents is 1. The zero-order chi connectivity index (χ0) is 19.9. The van der Waals surface area contributed by atoms with Crippen LogP contribution in [-0.4, -0.2) is 42.0 Å². The van der Waals surface area contributed by atoms with E-state index < -0.39 is 0 Å². The molecule has 0 radical (unpaired) electrons. The minimum absolute atomic E-state index is 0.200. The van der Waals surface area contributed by atoms with Crippen molar-refractivity contribution in [3.05, 3.63) is 30.3 Å². The highest BCUT2D eigenvalue weighted by Gasteiger charge is 2.30. The van der Waals surface area contributed by atoms with Crippen molar-refractivity contribution in [3.8, 4) is 17.0 Å². The molecule has 0 bridgehead atoms. The second kappa shape index (κ2) is 9.55.